The normalized spacial score (nSPS) is 18.5. The fourth-order valence-corrected chi connectivity index (χ4v) is 2.07. The van der Waals surface area contributed by atoms with Crippen molar-refractivity contribution in [3.63, 3.8) is 0 Å². The van der Waals surface area contributed by atoms with Crippen molar-refractivity contribution in [2.24, 2.45) is 5.73 Å². The van der Waals surface area contributed by atoms with E-state index in [1.807, 2.05) is 0 Å². The summed E-state index contributed by atoms with van der Waals surface area (Å²) in [5.74, 6) is -4.74. The van der Waals surface area contributed by atoms with Crippen LogP contribution in [-0.4, -0.2) is 53.6 Å². The Kier molecular flexibility index (Phi) is 10.5. The molecule has 0 atom stereocenters. The standard InChI is InChI=1S/C12H18N2.2C2HF3O2/c13-6-7-14-12-8-11(9-12)10-4-2-1-3-5-10;2*3-2(4,5)1(6)7/h1-5,11-12,14H,6-9,13H2;2*(H,6,7). The quantitative estimate of drug-likeness (QED) is 0.560. The van der Waals surface area contributed by atoms with E-state index < -0.39 is 24.3 Å². The van der Waals surface area contributed by atoms with Gasteiger partial charge in [-0.25, -0.2) is 9.59 Å². The second-order valence-corrected chi connectivity index (χ2v) is 5.62. The Bertz CT molecular complexity index is 577. The molecule has 28 heavy (non-hydrogen) atoms. The first-order valence-corrected chi connectivity index (χ1v) is 7.87. The molecule has 0 unspecified atom stereocenters. The smallest absolute Gasteiger partial charge is 0.475 e. The minimum absolute atomic E-state index is 0.698. The lowest BCUT2D eigenvalue weighted by molar-refractivity contribution is -0.193. The van der Waals surface area contributed by atoms with Gasteiger partial charge in [-0.3, -0.25) is 0 Å². The lowest BCUT2D eigenvalue weighted by Gasteiger charge is -2.36. The summed E-state index contributed by atoms with van der Waals surface area (Å²) in [6.45, 7) is 1.69. The topological polar surface area (TPSA) is 113 Å². The highest BCUT2D eigenvalue weighted by Crippen LogP contribution is 2.36. The number of alkyl halides is 6. The molecular weight excluding hydrogens is 398 g/mol. The zero-order valence-electron chi connectivity index (χ0n) is 14.4. The molecule has 6 nitrogen and oxygen atoms in total. The molecule has 0 aliphatic heterocycles. The van der Waals surface area contributed by atoms with E-state index in [-0.39, 0.29) is 0 Å². The highest BCUT2D eigenvalue weighted by Gasteiger charge is 2.38. The summed E-state index contributed by atoms with van der Waals surface area (Å²) in [6.07, 6.45) is -7.63. The third kappa shape index (κ3) is 10.7. The molecule has 0 saturated heterocycles. The molecule has 0 spiro atoms. The molecular formula is C16H20F6N2O4. The van der Waals surface area contributed by atoms with Crippen LogP contribution in [-0.2, 0) is 9.59 Å². The highest BCUT2D eigenvalue weighted by molar-refractivity contribution is 5.73. The van der Waals surface area contributed by atoms with Crippen molar-refractivity contribution in [2.75, 3.05) is 13.1 Å². The van der Waals surface area contributed by atoms with Crippen LogP contribution < -0.4 is 11.1 Å². The first kappa shape index (κ1) is 25.7. The Hall–Kier alpha value is -2.34. The number of nitrogens with one attached hydrogen (secondary N) is 1. The maximum atomic E-state index is 10.6. The molecule has 2 rings (SSSR count). The molecule has 0 amide bonds. The molecule has 12 heteroatoms. The number of benzene rings is 1. The number of aliphatic carboxylic acids is 2. The molecule has 1 fully saturated rings. The number of carboxylic acid groups (broad SMARTS) is 2. The third-order valence-electron chi connectivity index (χ3n) is 3.47. The molecule has 0 radical (unpaired) electrons. The van der Waals surface area contributed by atoms with E-state index in [1.165, 1.54) is 18.4 Å². The summed E-state index contributed by atoms with van der Waals surface area (Å²) < 4.78 is 63.5. The van der Waals surface area contributed by atoms with E-state index >= 15 is 0 Å². The van der Waals surface area contributed by atoms with Crippen molar-refractivity contribution >= 4 is 11.9 Å². The van der Waals surface area contributed by atoms with Crippen LogP contribution in [0.25, 0.3) is 0 Å². The fourth-order valence-electron chi connectivity index (χ4n) is 2.07. The summed E-state index contributed by atoms with van der Waals surface area (Å²) in [6, 6.07) is 11.5. The molecule has 5 N–H and O–H groups in total. The summed E-state index contributed by atoms with van der Waals surface area (Å²) in [4.78, 5) is 17.8. The second kappa shape index (κ2) is 11.5. The summed E-state index contributed by atoms with van der Waals surface area (Å²) in [5, 5.41) is 17.7. The fraction of sp³-hybridized carbons (Fsp3) is 0.500. The van der Waals surface area contributed by atoms with Crippen molar-refractivity contribution in [3.05, 3.63) is 35.9 Å². The van der Waals surface area contributed by atoms with Crippen molar-refractivity contribution in [1.82, 2.24) is 5.32 Å². The van der Waals surface area contributed by atoms with Crippen LogP contribution in [0.2, 0.25) is 0 Å². The van der Waals surface area contributed by atoms with Crippen molar-refractivity contribution in [1.29, 1.82) is 0 Å². The van der Waals surface area contributed by atoms with Gasteiger partial charge in [0, 0.05) is 19.1 Å². The summed E-state index contributed by atoms with van der Waals surface area (Å²) in [7, 11) is 0. The van der Waals surface area contributed by atoms with E-state index in [1.54, 1.807) is 0 Å². The number of hydrogen-bond acceptors (Lipinski definition) is 4. The van der Waals surface area contributed by atoms with Crippen LogP contribution in [0, 0.1) is 0 Å². The van der Waals surface area contributed by atoms with Gasteiger partial charge in [0.15, 0.2) is 0 Å². The molecule has 1 aliphatic carbocycles. The number of halogens is 6. The minimum atomic E-state index is -5.08. The van der Waals surface area contributed by atoms with Crippen LogP contribution in [0.15, 0.2) is 30.3 Å². The maximum absolute atomic E-state index is 10.6. The van der Waals surface area contributed by atoms with Gasteiger partial charge in [0.25, 0.3) is 0 Å². The first-order valence-electron chi connectivity index (χ1n) is 7.87. The second-order valence-electron chi connectivity index (χ2n) is 5.62. The molecule has 1 saturated carbocycles. The number of rotatable bonds is 4. The number of carboxylic acids is 2. The summed E-state index contributed by atoms with van der Waals surface area (Å²) >= 11 is 0. The zero-order chi connectivity index (χ0) is 22.0. The van der Waals surface area contributed by atoms with Gasteiger partial charge in [0.1, 0.15) is 0 Å². The highest BCUT2D eigenvalue weighted by atomic mass is 19.4. The van der Waals surface area contributed by atoms with Crippen LogP contribution in [0.1, 0.15) is 24.3 Å². The molecule has 160 valence electrons. The molecule has 1 aliphatic rings. The van der Waals surface area contributed by atoms with Gasteiger partial charge in [-0.15, -0.1) is 0 Å². The monoisotopic (exact) mass is 418 g/mol. The van der Waals surface area contributed by atoms with E-state index in [0.717, 1.165) is 19.0 Å². The average molecular weight is 418 g/mol. The number of nitrogens with two attached hydrogens (primary N) is 1. The van der Waals surface area contributed by atoms with Crippen LogP contribution >= 0.6 is 0 Å². The molecule has 0 heterocycles. The Labute approximate surface area is 156 Å². The Morgan fingerprint density at radius 3 is 1.68 bits per heavy atom. The van der Waals surface area contributed by atoms with Gasteiger partial charge in [-0.2, -0.15) is 26.3 Å². The molecule has 0 bridgehead atoms. The molecule has 1 aromatic rings. The van der Waals surface area contributed by atoms with Gasteiger partial charge in [-0.1, -0.05) is 30.3 Å². The van der Waals surface area contributed by atoms with Crippen LogP contribution in [0.4, 0.5) is 26.3 Å². The zero-order valence-corrected chi connectivity index (χ0v) is 14.4. The number of hydrogen-bond donors (Lipinski definition) is 4. The predicted molar refractivity (Wildman–Crippen MR) is 86.6 cm³/mol. The van der Waals surface area contributed by atoms with Crippen molar-refractivity contribution < 1.29 is 46.1 Å². The van der Waals surface area contributed by atoms with Crippen molar-refractivity contribution in [3.8, 4) is 0 Å². The Balaban J connectivity index is 0.000000444. The molecule has 1 aromatic carbocycles. The predicted octanol–water partition coefficient (Wildman–Crippen LogP) is 2.75. The van der Waals surface area contributed by atoms with Gasteiger partial charge in [0.2, 0.25) is 0 Å². The average Bonchev–Trinajstić information content (AvgIpc) is 2.54. The van der Waals surface area contributed by atoms with Crippen molar-refractivity contribution in [2.45, 2.75) is 37.2 Å². The SMILES string of the molecule is NCCNC1CC(c2ccccc2)C1.O=C(O)C(F)(F)F.O=C(O)C(F)(F)F. The Morgan fingerprint density at radius 1 is 0.964 bits per heavy atom. The van der Waals surface area contributed by atoms with E-state index in [4.69, 9.17) is 25.5 Å². The van der Waals surface area contributed by atoms with Gasteiger partial charge in [-0.05, 0) is 24.3 Å². The largest absolute Gasteiger partial charge is 0.490 e. The van der Waals surface area contributed by atoms with Gasteiger partial charge in [0.05, 0.1) is 0 Å². The van der Waals surface area contributed by atoms with Gasteiger partial charge < -0.3 is 21.3 Å². The number of carbonyl (C=O) groups is 2. The maximum Gasteiger partial charge on any atom is 0.490 e. The Morgan fingerprint density at radius 2 is 1.36 bits per heavy atom. The lowest BCUT2D eigenvalue weighted by Crippen LogP contribution is -2.42. The van der Waals surface area contributed by atoms with Gasteiger partial charge >= 0.3 is 24.3 Å². The lowest BCUT2D eigenvalue weighted by atomic mass is 9.76. The first-order chi connectivity index (χ1) is 12.8. The van der Waals surface area contributed by atoms with E-state index in [9.17, 15) is 26.3 Å². The van der Waals surface area contributed by atoms with E-state index in [2.05, 4.69) is 35.6 Å². The molecule has 0 aromatic heterocycles. The summed E-state index contributed by atoms with van der Waals surface area (Å²) in [5.41, 5.74) is 6.92. The third-order valence-corrected chi connectivity index (χ3v) is 3.47. The van der Waals surface area contributed by atoms with Crippen LogP contribution in [0.5, 0.6) is 0 Å². The van der Waals surface area contributed by atoms with Crippen LogP contribution in [0.3, 0.4) is 0 Å². The van der Waals surface area contributed by atoms with E-state index in [0.29, 0.717) is 6.04 Å². The minimum Gasteiger partial charge on any atom is -0.475 e.